The third kappa shape index (κ3) is 4.96. The first-order valence-electron chi connectivity index (χ1n) is 7.08. The van der Waals surface area contributed by atoms with Gasteiger partial charge in [-0.3, -0.25) is 0 Å². The second kappa shape index (κ2) is 8.26. The summed E-state index contributed by atoms with van der Waals surface area (Å²) < 4.78 is 0. The van der Waals surface area contributed by atoms with Gasteiger partial charge in [0.1, 0.15) is 11.5 Å². The molecule has 0 fully saturated rings. The molecule has 2 N–H and O–H groups in total. The van der Waals surface area contributed by atoms with E-state index in [4.69, 9.17) is 5.11 Å². The number of rotatable bonds is 3. The largest absolute Gasteiger partial charge is 0.508 e. The van der Waals surface area contributed by atoms with Crippen molar-refractivity contribution in [2.24, 2.45) is 0 Å². The number of aromatic hydroxyl groups is 2. The summed E-state index contributed by atoms with van der Waals surface area (Å²) in [4.78, 5) is 0. The molecule has 0 unspecified atom stereocenters. The number of phenolic OH excluding ortho intramolecular Hbond substituents is 2. The zero-order valence-corrected chi connectivity index (χ0v) is 12.6. The van der Waals surface area contributed by atoms with Crippen LogP contribution in [0, 0.1) is 13.8 Å². The summed E-state index contributed by atoms with van der Waals surface area (Å²) in [5.74, 6) is 0.816. The van der Waals surface area contributed by atoms with Gasteiger partial charge in [0.05, 0.1) is 0 Å². The van der Waals surface area contributed by atoms with Crippen LogP contribution >= 0.6 is 0 Å². The molecule has 0 aliphatic heterocycles. The molecule has 0 aliphatic carbocycles. The van der Waals surface area contributed by atoms with E-state index in [1.807, 2.05) is 44.2 Å². The molecule has 0 saturated heterocycles. The van der Waals surface area contributed by atoms with Crippen molar-refractivity contribution in [3.63, 3.8) is 0 Å². The molecule has 0 spiro atoms. The minimum absolute atomic E-state index is 0.368. The number of unbranched alkanes of at least 4 members (excludes halogenated alkanes) is 1. The SMILES string of the molecule is CCCCc1c(C)cccc1O.Cc1ccccc1O. The van der Waals surface area contributed by atoms with E-state index in [2.05, 4.69) is 6.92 Å². The number of hydrogen-bond donors (Lipinski definition) is 2. The van der Waals surface area contributed by atoms with E-state index in [0.29, 0.717) is 11.5 Å². The summed E-state index contributed by atoms with van der Waals surface area (Å²) >= 11 is 0. The van der Waals surface area contributed by atoms with E-state index in [-0.39, 0.29) is 0 Å². The standard InChI is InChI=1S/C11H16O.C7H8O/c1-3-4-7-10-9(2)6-5-8-11(10)12;1-6-4-2-3-5-7(6)8/h5-6,8,12H,3-4,7H2,1-2H3;2-5,8H,1H3. The van der Waals surface area contributed by atoms with E-state index in [1.165, 1.54) is 12.0 Å². The predicted molar refractivity (Wildman–Crippen MR) is 84.3 cm³/mol. The molecule has 0 heterocycles. The monoisotopic (exact) mass is 272 g/mol. The lowest BCUT2D eigenvalue weighted by Gasteiger charge is -2.06. The summed E-state index contributed by atoms with van der Waals surface area (Å²) in [6.07, 6.45) is 3.32. The average Bonchev–Trinajstić information content (AvgIpc) is 2.42. The van der Waals surface area contributed by atoms with Crippen LogP contribution in [0.4, 0.5) is 0 Å². The molecule has 0 atom stereocenters. The maximum atomic E-state index is 9.52. The highest BCUT2D eigenvalue weighted by molar-refractivity contribution is 5.38. The van der Waals surface area contributed by atoms with Crippen LogP contribution < -0.4 is 0 Å². The number of hydrogen-bond acceptors (Lipinski definition) is 2. The summed E-state index contributed by atoms with van der Waals surface area (Å²) in [5, 5.41) is 18.4. The molecule has 0 radical (unpaired) electrons. The van der Waals surface area contributed by atoms with Gasteiger partial charge in [-0.2, -0.15) is 0 Å². The normalized spacial score (nSPS) is 9.75. The second-order valence-electron chi connectivity index (χ2n) is 4.96. The van der Waals surface area contributed by atoms with Gasteiger partial charge in [-0.25, -0.2) is 0 Å². The van der Waals surface area contributed by atoms with Crippen LogP contribution in [0.3, 0.4) is 0 Å². The third-order valence-electron chi connectivity index (χ3n) is 3.28. The number of aryl methyl sites for hydroxylation is 2. The Morgan fingerprint density at radius 3 is 1.90 bits per heavy atom. The molecule has 2 nitrogen and oxygen atoms in total. The summed E-state index contributed by atoms with van der Waals surface area (Å²) in [5.41, 5.74) is 3.23. The Kier molecular flexibility index (Phi) is 6.65. The fourth-order valence-electron chi connectivity index (χ4n) is 1.93. The maximum Gasteiger partial charge on any atom is 0.119 e. The molecule has 0 bridgehead atoms. The van der Waals surface area contributed by atoms with Crippen molar-refractivity contribution in [2.45, 2.75) is 40.0 Å². The van der Waals surface area contributed by atoms with Crippen LogP contribution in [0.5, 0.6) is 11.5 Å². The minimum Gasteiger partial charge on any atom is -0.508 e. The topological polar surface area (TPSA) is 40.5 Å². The Balaban J connectivity index is 0.000000217. The Hall–Kier alpha value is -1.96. The van der Waals surface area contributed by atoms with Crippen molar-refractivity contribution in [2.75, 3.05) is 0 Å². The third-order valence-corrected chi connectivity index (χ3v) is 3.28. The molecule has 0 aliphatic rings. The van der Waals surface area contributed by atoms with E-state index < -0.39 is 0 Å². The molecular formula is C18H24O2. The highest BCUT2D eigenvalue weighted by Crippen LogP contribution is 2.22. The van der Waals surface area contributed by atoms with Gasteiger partial charge in [0.2, 0.25) is 0 Å². The van der Waals surface area contributed by atoms with Gasteiger partial charge in [-0.1, -0.05) is 43.7 Å². The van der Waals surface area contributed by atoms with E-state index >= 15 is 0 Å². The van der Waals surface area contributed by atoms with E-state index in [9.17, 15) is 5.11 Å². The van der Waals surface area contributed by atoms with Crippen LogP contribution in [-0.4, -0.2) is 10.2 Å². The van der Waals surface area contributed by atoms with E-state index in [1.54, 1.807) is 12.1 Å². The Morgan fingerprint density at radius 1 is 0.800 bits per heavy atom. The zero-order valence-electron chi connectivity index (χ0n) is 12.6. The predicted octanol–water partition coefficient (Wildman–Crippen LogP) is 4.74. The smallest absolute Gasteiger partial charge is 0.119 e. The quantitative estimate of drug-likeness (QED) is 0.847. The van der Waals surface area contributed by atoms with Crippen LogP contribution in [0.15, 0.2) is 42.5 Å². The first-order valence-corrected chi connectivity index (χ1v) is 7.08. The van der Waals surface area contributed by atoms with Crippen molar-refractivity contribution in [1.29, 1.82) is 0 Å². The molecule has 2 rings (SSSR count). The zero-order chi connectivity index (χ0) is 15.0. The first-order chi connectivity index (χ1) is 9.56. The Labute approximate surface area is 121 Å². The average molecular weight is 272 g/mol. The molecule has 0 saturated carbocycles. The van der Waals surface area contributed by atoms with Crippen LogP contribution in [0.2, 0.25) is 0 Å². The summed E-state index contributed by atoms with van der Waals surface area (Å²) in [7, 11) is 0. The van der Waals surface area contributed by atoms with Gasteiger partial charge >= 0.3 is 0 Å². The molecular weight excluding hydrogens is 248 g/mol. The lowest BCUT2D eigenvalue weighted by molar-refractivity contribution is 0.466. The molecule has 2 aromatic carbocycles. The van der Waals surface area contributed by atoms with E-state index in [0.717, 1.165) is 24.0 Å². The van der Waals surface area contributed by atoms with Gasteiger partial charge in [-0.05, 0) is 55.5 Å². The van der Waals surface area contributed by atoms with Crippen LogP contribution in [0.1, 0.15) is 36.5 Å². The second-order valence-corrected chi connectivity index (χ2v) is 4.96. The van der Waals surface area contributed by atoms with Gasteiger partial charge in [0.25, 0.3) is 0 Å². The van der Waals surface area contributed by atoms with Crippen molar-refractivity contribution >= 4 is 0 Å². The molecule has 20 heavy (non-hydrogen) atoms. The molecule has 0 aromatic heterocycles. The van der Waals surface area contributed by atoms with Crippen molar-refractivity contribution in [1.82, 2.24) is 0 Å². The van der Waals surface area contributed by atoms with Crippen LogP contribution in [-0.2, 0) is 6.42 Å². The lowest BCUT2D eigenvalue weighted by atomic mass is 10.0. The highest BCUT2D eigenvalue weighted by Gasteiger charge is 2.02. The van der Waals surface area contributed by atoms with Crippen molar-refractivity contribution in [3.05, 3.63) is 59.2 Å². The molecule has 2 heteroatoms. The van der Waals surface area contributed by atoms with Crippen molar-refractivity contribution in [3.8, 4) is 11.5 Å². The minimum atomic E-state index is 0.368. The van der Waals surface area contributed by atoms with Gasteiger partial charge in [-0.15, -0.1) is 0 Å². The lowest BCUT2D eigenvalue weighted by Crippen LogP contribution is -1.89. The van der Waals surface area contributed by atoms with Gasteiger partial charge in [0.15, 0.2) is 0 Å². The first kappa shape index (κ1) is 16.1. The van der Waals surface area contributed by atoms with Crippen molar-refractivity contribution < 1.29 is 10.2 Å². The number of benzene rings is 2. The maximum absolute atomic E-state index is 9.52. The van der Waals surface area contributed by atoms with Crippen LogP contribution in [0.25, 0.3) is 0 Å². The Bertz CT molecular complexity index is 491. The van der Waals surface area contributed by atoms with Gasteiger partial charge in [0, 0.05) is 0 Å². The number of para-hydroxylation sites is 1. The molecule has 108 valence electrons. The van der Waals surface area contributed by atoms with Gasteiger partial charge < -0.3 is 10.2 Å². The molecule has 2 aromatic rings. The molecule has 0 amide bonds. The fraction of sp³-hybridized carbons (Fsp3) is 0.333. The number of phenols is 2. The fourth-order valence-corrected chi connectivity index (χ4v) is 1.93. The Morgan fingerprint density at radius 2 is 1.40 bits per heavy atom. The summed E-state index contributed by atoms with van der Waals surface area (Å²) in [6.45, 7) is 6.08. The highest BCUT2D eigenvalue weighted by atomic mass is 16.3. The summed E-state index contributed by atoms with van der Waals surface area (Å²) in [6, 6.07) is 12.9.